The van der Waals surface area contributed by atoms with Crippen LogP contribution in [0, 0.1) is 0 Å². The predicted octanol–water partition coefficient (Wildman–Crippen LogP) is 5.71. The molecule has 0 aromatic rings. The van der Waals surface area contributed by atoms with Gasteiger partial charge >= 0.3 is 11.9 Å². The fraction of sp³-hybridized carbons (Fsp3) is 0.828. The molecule has 0 aliphatic heterocycles. The van der Waals surface area contributed by atoms with E-state index >= 15 is 0 Å². The molecule has 0 amide bonds. The molecule has 0 radical (unpaired) electrons. The number of quaternary nitrogens is 1. The normalized spacial score (nSPS) is 11.8. The Balaban J connectivity index is 4.32. The van der Waals surface area contributed by atoms with Gasteiger partial charge in [0.25, 0.3) is 0 Å². The van der Waals surface area contributed by atoms with Gasteiger partial charge in [0.2, 0.25) is 0 Å². The van der Waals surface area contributed by atoms with Gasteiger partial charge < -0.3 is 24.6 Å². The molecule has 0 aromatic carbocycles. The average Bonchev–Trinajstić information content (AvgIpc) is 2.80. The van der Waals surface area contributed by atoms with Gasteiger partial charge in [0.15, 0.2) is 0 Å². The van der Waals surface area contributed by atoms with Crippen molar-refractivity contribution in [1.82, 2.24) is 0 Å². The topological polar surface area (TPSA) is 115 Å². The maximum Gasteiger partial charge on any atom is 0.303 e. The van der Waals surface area contributed by atoms with E-state index in [0.29, 0.717) is 43.4 Å². The summed E-state index contributed by atoms with van der Waals surface area (Å²) in [5.74, 6) is -2.75. The van der Waals surface area contributed by atoms with Crippen LogP contribution in [0.1, 0.15) is 129 Å². The Morgan fingerprint density at radius 3 is 1.42 bits per heavy atom. The molecule has 0 saturated heterocycles. The predicted molar refractivity (Wildman–Crippen MR) is 143 cm³/mol. The van der Waals surface area contributed by atoms with Crippen molar-refractivity contribution in [2.75, 3.05) is 26.2 Å². The molecule has 0 heterocycles. The Morgan fingerprint density at radius 2 is 0.972 bits per heavy atom. The van der Waals surface area contributed by atoms with Crippen LogP contribution in [0.25, 0.3) is 0 Å². The highest BCUT2D eigenvalue weighted by Gasteiger charge is 2.26. The maximum atomic E-state index is 11.0. The molecule has 0 rings (SSSR count). The molecule has 0 unspecified atom stereocenters. The molecule has 2 N–H and O–H groups in total. The number of hydrogen-bond donors (Lipinski definition) is 2. The van der Waals surface area contributed by atoms with Crippen molar-refractivity contribution < 1.29 is 34.2 Å². The first kappa shape index (κ1) is 34.1. The summed E-state index contributed by atoms with van der Waals surface area (Å²) in [6, 6.07) is 0. The van der Waals surface area contributed by atoms with E-state index in [1.165, 1.54) is 70.6 Å². The second kappa shape index (κ2) is 23.5. The highest BCUT2D eigenvalue weighted by molar-refractivity contribution is 5.66. The quantitative estimate of drug-likeness (QED) is 0.0829. The first-order valence-electron chi connectivity index (χ1n) is 14.4. The van der Waals surface area contributed by atoms with Gasteiger partial charge in [0.1, 0.15) is 0 Å². The molecule has 7 nitrogen and oxygen atoms in total. The molecule has 0 saturated carbocycles. The van der Waals surface area contributed by atoms with E-state index in [0.717, 1.165) is 19.4 Å². The molecule has 0 aliphatic rings. The van der Waals surface area contributed by atoms with Crippen LogP contribution in [0.2, 0.25) is 0 Å². The highest BCUT2D eigenvalue weighted by atomic mass is 16.4. The summed E-state index contributed by atoms with van der Waals surface area (Å²) in [6.07, 6.45) is 22.2. The number of nitrogens with zero attached hydrogens (tertiary/aromatic N) is 1. The van der Waals surface area contributed by atoms with E-state index in [9.17, 15) is 19.5 Å². The average molecular weight is 512 g/mol. The Bertz CT molecular complexity index is 554. The minimum absolute atomic E-state index is 0.0204. The lowest BCUT2D eigenvalue weighted by atomic mass is 10.0. The van der Waals surface area contributed by atoms with Crippen LogP contribution in [0.3, 0.4) is 0 Å². The minimum atomic E-state index is -1.08. The smallest absolute Gasteiger partial charge is 0.303 e. The molecule has 36 heavy (non-hydrogen) atoms. The number of aliphatic carboxylic acids is 3. The van der Waals surface area contributed by atoms with Crippen LogP contribution in [-0.2, 0) is 14.4 Å². The van der Waals surface area contributed by atoms with Gasteiger partial charge in [-0.15, -0.1) is 0 Å². The van der Waals surface area contributed by atoms with Crippen molar-refractivity contribution in [2.24, 2.45) is 0 Å². The Kier molecular flexibility index (Phi) is 22.3. The first-order valence-corrected chi connectivity index (χ1v) is 14.4. The van der Waals surface area contributed by atoms with Crippen molar-refractivity contribution in [3.05, 3.63) is 12.2 Å². The van der Waals surface area contributed by atoms with E-state index in [-0.39, 0.29) is 19.3 Å². The second-order valence-electron chi connectivity index (χ2n) is 10.3. The highest BCUT2D eigenvalue weighted by Crippen LogP contribution is 2.18. The monoisotopic (exact) mass is 511 g/mol. The first-order chi connectivity index (χ1) is 17.3. The molecule has 210 valence electrons. The SMILES string of the molecule is CCC/C=C/CCCCCCCCCCCC[N+](CCCC(=O)[O-])(CCCC(=O)O)CCCC(=O)O. The van der Waals surface area contributed by atoms with Gasteiger partial charge in [-0.1, -0.05) is 70.4 Å². The van der Waals surface area contributed by atoms with E-state index in [2.05, 4.69) is 19.1 Å². The molecule has 0 bridgehead atoms. The van der Waals surface area contributed by atoms with Gasteiger partial charge in [-0.3, -0.25) is 9.59 Å². The number of rotatable bonds is 27. The second-order valence-corrected chi connectivity index (χ2v) is 10.3. The van der Waals surface area contributed by atoms with Gasteiger partial charge in [-0.2, -0.15) is 0 Å². The number of unbranched alkanes of at least 4 members (excludes halogenated alkanes) is 11. The van der Waals surface area contributed by atoms with E-state index < -0.39 is 17.9 Å². The summed E-state index contributed by atoms with van der Waals surface area (Å²) in [6.45, 7) is 4.97. The van der Waals surface area contributed by atoms with Gasteiger partial charge in [-0.05, 0) is 38.5 Å². The molecule has 0 aliphatic carbocycles. The van der Waals surface area contributed by atoms with E-state index in [4.69, 9.17) is 10.2 Å². The fourth-order valence-corrected chi connectivity index (χ4v) is 4.89. The summed E-state index contributed by atoms with van der Waals surface area (Å²) in [4.78, 5) is 33.0. The molecule has 0 atom stereocenters. The Morgan fingerprint density at radius 1 is 0.583 bits per heavy atom. The zero-order valence-electron chi connectivity index (χ0n) is 22.9. The third kappa shape index (κ3) is 22.6. The molecular formula is C29H53NO6. The van der Waals surface area contributed by atoms with Gasteiger partial charge in [-0.25, -0.2) is 0 Å². The Hall–Kier alpha value is -1.89. The van der Waals surface area contributed by atoms with Gasteiger partial charge in [0, 0.05) is 25.2 Å². The number of hydrogen-bond acceptors (Lipinski definition) is 4. The zero-order chi connectivity index (χ0) is 26.9. The number of carboxylic acids is 3. The van der Waals surface area contributed by atoms with Crippen molar-refractivity contribution in [3.8, 4) is 0 Å². The molecular weight excluding hydrogens is 458 g/mol. The van der Waals surface area contributed by atoms with Crippen LogP contribution < -0.4 is 5.11 Å². The lowest BCUT2D eigenvalue weighted by molar-refractivity contribution is -0.929. The lowest BCUT2D eigenvalue weighted by Gasteiger charge is -2.39. The largest absolute Gasteiger partial charge is 0.550 e. The number of carboxylic acid groups (broad SMARTS) is 3. The number of allylic oxidation sites excluding steroid dienone is 2. The van der Waals surface area contributed by atoms with Crippen LogP contribution in [-0.4, -0.2) is 58.8 Å². The number of carbonyl (C=O) groups excluding carboxylic acids is 1. The third-order valence-electron chi connectivity index (χ3n) is 6.93. The molecule has 0 spiro atoms. The molecule has 0 fully saturated rings. The van der Waals surface area contributed by atoms with Crippen molar-refractivity contribution in [2.45, 2.75) is 129 Å². The van der Waals surface area contributed by atoms with E-state index in [1.807, 2.05) is 0 Å². The van der Waals surface area contributed by atoms with Crippen LogP contribution in [0.5, 0.6) is 0 Å². The van der Waals surface area contributed by atoms with Gasteiger partial charge in [0.05, 0.1) is 39.0 Å². The van der Waals surface area contributed by atoms with Crippen LogP contribution in [0.15, 0.2) is 12.2 Å². The third-order valence-corrected chi connectivity index (χ3v) is 6.93. The van der Waals surface area contributed by atoms with Crippen molar-refractivity contribution in [1.29, 1.82) is 0 Å². The summed E-state index contributed by atoms with van der Waals surface area (Å²) in [5.41, 5.74) is 0. The summed E-state index contributed by atoms with van der Waals surface area (Å²) in [5, 5.41) is 29.0. The summed E-state index contributed by atoms with van der Waals surface area (Å²) < 4.78 is 0.613. The Labute approximate surface area is 219 Å². The summed E-state index contributed by atoms with van der Waals surface area (Å²) in [7, 11) is 0. The molecule has 0 aromatic heterocycles. The van der Waals surface area contributed by atoms with Crippen LogP contribution in [0.4, 0.5) is 0 Å². The number of carbonyl (C=O) groups is 3. The standard InChI is InChI=1S/C29H53NO6/c1-2-3-4-5-6-7-8-9-10-11-12-13-14-15-16-23-30(24-17-20-27(31)32,25-18-21-28(33)34)26-19-22-29(35)36/h4-5H,2-3,6-26H2,1H3,(H2-,31,32,33,34,35,36)/b5-4+. The summed E-state index contributed by atoms with van der Waals surface area (Å²) >= 11 is 0. The van der Waals surface area contributed by atoms with Crippen molar-refractivity contribution >= 4 is 17.9 Å². The van der Waals surface area contributed by atoms with Crippen molar-refractivity contribution in [3.63, 3.8) is 0 Å². The van der Waals surface area contributed by atoms with E-state index in [1.54, 1.807) is 0 Å². The zero-order valence-corrected chi connectivity index (χ0v) is 22.9. The minimum Gasteiger partial charge on any atom is -0.550 e. The maximum absolute atomic E-state index is 11.0. The molecule has 7 heteroatoms. The lowest BCUT2D eigenvalue weighted by Crippen LogP contribution is -2.51. The van der Waals surface area contributed by atoms with Crippen LogP contribution >= 0.6 is 0 Å². The fourth-order valence-electron chi connectivity index (χ4n) is 4.89.